The Morgan fingerprint density at radius 3 is 2.53 bits per heavy atom. The zero-order valence-electron chi connectivity index (χ0n) is 12.0. The van der Waals surface area contributed by atoms with Gasteiger partial charge in [0.15, 0.2) is 0 Å². The average Bonchev–Trinajstić information content (AvgIpc) is 2.39. The third kappa shape index (κ3) is 3.77. The summed E-state index contributed by atoms with van der Waals surface area (Å²) in [6.07, 6.45) is 5.12. The molecule has 1 aliphatic rings. The number of benzene rings is 1. The number of halogens is 1. The summed E-state index contributed by atoms with van der Waals surface area (Å²) in [5.74, 6) is 0.691. The molecule has 0 unspecified atom stereocenters. The van der Waals surface area contributed by atoms with Gasteiger partial charge in [0.2, 0.25) is 0 Å². The third-order valence-corrected chi connectivity index (χ3v) is 4.42. The molecule has 2 nitrogen and oxygen atoms in total. The SMILES string of the molecule is CC1CCC(N(C)Cc2cc(F)ccc2CN)CC1. The minimum absolute atomic E-state index is 0.169. The standard InChI is InChI=1S/C16H25FN2/c1-12-3-7-16(8-4-12)19(2)11-14-9-15(17)6-5-13(14)10-18/h5-6,9,12,16H,3-4,7-8,10-11,18H2,1-2H3. The molecule has 1 saturated carbocycles. The number of hydrogen-bond donors (Lipinski definition) is 1. The van der Waals surface area contributed by atoms with E-state index in [9.17, 15) is 4.39 Å². The van der Waals surface area contributed by atoms with E-state index < -0.39 is 0 Å². The van der Waals surface area contributed by atoms with Crippen LogP contribution in [-0.2, 0) is 13.1 Å². The maximum atomic E-state index is 13.4. The van der Waals surface area contributed by atoms with Crippen LogP contribution in [-0.4, -0.2) is 18.0 Å². The smallest absolute Gasteiger partial charge is 0.123 e. The van der Waals surface area contributed by atoms with Gasteiger partial charge in [0.05, 0.1) is 0 Å². The Hall–Kier alpha value is -0.930. The second kappa shape index (κ2) is 6.49. The highest BCUT2D eigenvalue weighted by atomic mass is 19.1. The summed E-state index contributed by atoms with van der Waals surface area (Å²) in [6.45, 7) is 3.60. The Morgan fingerprint density at radius 1 is 1.21 bits per heavy atom. The van der Waals surface area contributed by atoms with Gasteiger partial charge in [0.25, 0.3) is 0 Å². The van der Waals surface area contributed by atoms with Crippen molar-refractivity contribution in [3.63, 3.8) is 0 Å². The maximum absolute atomic E-state index is 13.4. The van der Waals surface area contributed by atoms with Crippen molar-refractivity contribution in [3.8, 4) is 0 Å². The number of nitrogens with two attached hydrogens (primary N) is 1. The molecule has 106 valence electrons. The van der Waals surface area contributed by atoms with Gasteiger partial charge in [-0.3, -0.25) is 4.90 Å². The Morgan fingerprint density at radius 2 is 1.89 bits per heavy atom. The number of hydrogen-bond acceptors (Lipinski definition) is 2. The average molecular weight is 264 g/mol. The largest absolute Gasteiger partial charge is 0.326 e. The normalized spacial score (nSPS) is 23.8. The molecule has 0 radical (unpaired) electrons. The maximum Gasteiger partial charge on any atom is 0.123 e. The van der Waals surface area contributed by atoms with Gasteiger partial charge in [-0.15, -0.1) is 0 Å². The molecule has 2 rings (SSSR count). The van der Waals surface area contributed by atoms with Crippen molar-refractivity contribution in [2.24, 2.45) is 11.7 Å². The van der Waals surface area contributed by atoms with Crippen LogP contribution in [0.2, 0.25) is 0 Å². The van der Waals surface area contributed by atoms with Crippen LogP contribution in [0.15, 0.2) is 18.2 Å². The fourth-order valence-corrected chi connectivity index (χ4v) is 3.02. The van der Waals surface area contributed by atoms with E-state index in [-0.39, 0.29) is 5.82 Å². The van der Waals surface area contributed by atoms with E-state index >= 15 is 0 Å². The molecular weight excluding hydrogens is 239 g/mol. The summed E-state index contributed by atoms with van der Waals surface area (Å²) in [6, 6.07) is 5.56. The molecule has 1 fully saturated rings. The van der Waals surface area contributed by atoms with Crippen LogP contribution >= 0.6 is 0 Å². The molecule has 2 N–H and O–H groups in total. The summed E-state index contributed by atoms with van der Waals surface area (Å²) < 4.78 is 13.4. The van der Waals surface area contributed by atoms with Gasteiger partial charge in [0.1, 0.15) is 5.82 Å². The molecule has 3 heteroatoms. The van der Waals surface area contributed by atoms with Gasteiger partial charge in [-0.1, -0.05) is 13.0 Å². The van der Waals surface area contributed by atoms with Gasteiger partial charge in [-0.25, -0.2) is 4.39 Å². The molecule has 1 aromatic rings. The zero-order chi connectivity index (χ0) is 13.8. The molecule has 1 aliphatic carbocycles. The minimum Gasteiger partial charge on any atom is -0.326 e. The van der Waals surface area contributed by atoms with E-state index in [2.05, 4.69) is 18.9 Å². The van der Waals surface area contributed by atoms with Crippen molar-refractivity contribution in [2.75, 3.05) is 7.05 Å². The highest BCUT2D eigenvalue weighted by Crippen LogP contribution is 2.27. The highest BCUT2D eigenvalue weighted by Gasteiger charge is 2.22. The summed E-state index contributed by atoms with van der Waals surface area (Å²) in [5.41, 5.74) is 7.82. The summed E-state index contributed by atoms with van der Waals surface area (Å²) in [5, 5.41) is 0. The second-order valence-electron chi connectivity index (χ2n) is 5.95. The van der Waals surface area contributed by atoms with E-state index in [1.807, 2.05) is 0 Å². The van der Waals surface area contributed by atoms with Crippen molar-refractivity contribution >= 4 is 0 Å². The van der Waals surface area contributed by atoms with Crippen molar-refractivity contribution in [1.82, 2.24) is 4.90 Å². The van der Waals surface area contributed by atoms with Crippen LogP contribution in [0.4, 0.5) is 4.39 Å². The van der Waals surface area contributed by atoms with Crippen LogP contribution in [0, 0.1) is 11.7 Å². The molecular formula is C16H25FN2. The van der Waals surface area contributed by atoms with Crippen molar-refractivity contribution in [2.45, 2.75) is 51.7 Å². The molecule has 0 heterocycles. The van der Waals surface area contributed by atoms with Crippen LogP contribution < -0.4 is 5.73 Å². The van der Waals surface area contributed by atoms with Crippen LogP contribution in [0.5, 0.6) is 0 Å². The van der Waals surface area contributed by atoms with E-state index in [0.29, 0.717) is 12.6 Å². The lowest BCUT2D eigenvalue weighted by Gasteiger charge is -2.34. The minimum atomic E-state index is -0.169. The molecule has 0 spiro atoms. The van der Waals surface area contributed by atoms with Gasteiger partial charge in [-0.05, 0) is 61.9 Å². The molecule has 0 atom stereocenters. The number of rotatable bonds is 4. The van der Waals surface area contributed by atoms with E-state index in [0.717, 1.165) is 23.6 Å². The summed E-state index contributed by atoms with van der Waals surface area (Å²) in [4.78, 5) is 2.36. The third-order valence-electron chi connectivity index (χ3n) is 4.42. The van der Waals surface area contributed by atoms with Crippen molar-refractivity contribution < 1.29 is 4.39 Å². The van der Waals surface area contributed by atoms with Gasteiger partial charge < -0.3 is 5.73 Å². The van der Waals surface area contributed by atoms with E-state index in [1.165, 1.54) is 31.7 Å². The number of nitrogens with zero attached hydrogens (tertiary/aromatic N) is 1. The monoisotopic (exact) mass is 264 g/mol. The predicted octanol–water partition coefficient (Wildman–Crippen LogP) is 3.29. The zero-order valence-corrected chi connectivity index (χ0v) is 12.0. The fraction of sp³-hybridized carbons (Fsp3) is 0.625. The molecule has 0 amide bonds. The fourth-order valence-electron chi connectivity index (χ4n) is 3.02. The lowest BCUT2D eigenvalue weighted by molar-refractivity contribution is 0.163. The van der Waals surface area contributed by atoms with Crippen LogP contribution in [0.25, 0.3) is 0 Å². The molecule has 19 heavy (non-hydrogen) atoms. The topological polar surface area (TPSA) is 29.3 Å². The lowest BCUT2D eigenvalue weighted by atomic mass is 9.86. The molecule has 0 aliphatic heterocycles. The Bertz CT molecular complexity index is 411. The first-order valence-corrected chi connectivity index (χ1v) is 7.27. The first-order valence-electron chi connectivity index (χ1n) is 7.27. The summed E-state index contributed by atoms with van der Waals surface area (Å²) >= 11 is 0. The van der Waals surface area contributed by atoms with Crippen molar-refractivity contribution in [3.05, 3.63) is 35.1 Å². The van der Waals surface area contributed by atoms with Crippen LogP contribution in [0.3, 0.4) is 0 Å². The first-order chi connectivity index (χ1) is 9.10. The van der Waals surface area contributed by atoms with Gasteiger partial charge in [-0.2, -0.15) is 0 Å². The van der Waals surface area contributed by atoms with Crippen LogP contribution in [0.1, 0.15) is 43.7 Å². The van der Waals surface area contributed by atoms with E-state index in [1.54, 1.807) is 12.1 Å². The molecule has 0 bridgehead atoms. The lowest BCUT2D eigenvalue weighted by Crippen LogP contribution is -2.34. The molecule has 0 aromatic heterocycles. The van der Waals surface area contributed by atoms with Gasteiger partial charge >= 0.3 is 0 Å². The first kappa shape index (κ1) is 14.5. The Balaban J connectivity index is 2.02. The van der Waals surface area contributed by atoms with Gasteiger partial charge in [0, 0.05) is 19.1 Å². The molecule has 0 saturated heterocycles. The Labute approximate surface area is 115 Å². The predicted molar refractivity (Wildman–Crippen MR) is 77.2 cm³/mol. The van der Waals surface area contributed by atoms with Crippen molar-refractivity contribution in [1.29, 1.82) is 0 Å². The quantitative estimate of drug-likeness (QED) is 0.904. The van der Waals surface area contributed by atoms with E-state index in [4.69, 9.17) is 5.73 Å². The second-order valence-corrected chi connectivity index (χ2v) is 5.95. The Kier molecular flexibility index (Phi) is 4.94. The highest BCUT2D eigenvalue weighted by molar-refractivity contribution is 5.27. The molecule has 1 aromatic carbocycles. The summed E-state index contributed by atoms with van der Waals surface area (Å²) in [7, 11) is 2.14.